The lowest BCUT2D eigenvalue weighted by Gasteiger charge is -2.10. The van der Waals surface area contributed by atoms with Crippen LogP contribution in [0.4, 0.5) is 10.1 Å². The molecule has 0 bridgehead atoms. The Kier molecular flexibility index (Phi) is 6.61. The molecule has 0 atom stereocenters. The van der Waals surface area contributed by atoms with Gasteiger partial charge in [0.15, 0.2) is 0 Å². The third kappa shape index (κ3) is 5.71. The van der Waals surface area contributed by atoms with Gasteiger partial charge in [-0.05, 0) is 34.0 Å². The van der Waals surface area contributed by atoms with Crippen molar-refractivity contribution in [2.75, 3.05) is 18.8 Å². The molecule has 21 heavy (non-hydrogen) atoms. The van der Waals surface area contributed by atoms with Crippen molar-refractivity contribution in [2.45, 2.75) is 20.3 Å². The summed E-state index contributed by atoms with van der Waals surface area (Å²) in [6, 6.07) is 2.40. The zero-order valence-corrected chi connectivity index (χ0v) is 13.6. The average molecular weight is 360 g/mol. The Morgan fingerprint density at radius 2 is 2.00 bits per heavy atom. The quantitative estimate of drug-likeness (QED) is 0.679. The van der Waals surface area contributed by atoms with Crippen molar-refractivity contribution in [3.05, 3.63) is 28.0 Å². The largest absolute Gasteiger partial charge is 0.396 e. The van der Waals surface area contributed by atoms with Crippen LogP contribution in [0, 0.1) is 11.7 Å². The molecule has 2 amide bonds. The minimum Gasteiger partial charge on any atom is -0.396 e. The second kappa shape index (κ2) is 7.97. The highest BCUT2D eigenvalue weighted by atomic mass is 79.9. The Morgan fingerprint density at radius 3 is 2.62 bits per heavy atom. The fourth-order valence-corrected chi connectivity index (χ4v) is 2.03. The number of anilines is 1. The normalized spacial score (nSPS) is 10.5. The van der Waals surface area contributed by atoms with E-state index in [9.17, 15) is 14.0 Å². The van der Waals surface area contributed by atoms with Gasteiger partial charge in [-0.25, -0.2) is 4.39 Å². The molecule has 0 spiro atoms. The molecule has 0 aromatic heterocycles. The molecule has 0 aliphatic carbocycles. The molecule has 0 unspecified atom stereocenters. The van der Waals surface area contributed by atoms with Crippen LogP contribution < -0.4 is 16.4 Å². The van der Waals surface area contributed by atoms with Crippen molar-refractivity contribution < 1.29 is 14.0 Å². The van der Waals surface area contributed by atoms with E-state index in [1.807, 2.05) is 13.8 Å². The zero-order valence-electron chi connectivity index (χ0n) is 12.0. The van der Waals surface area contributed by atoms with Gasteiger partial charge < -0.3 is 16.4 Å². The van der Waals surface area contributed by atoms with Gasteiger partial charge >= 0.3 is 0 Å². The Hall–Kier alpha value is -1.63. The van der Waals surface area contributed by atoms with Gasteiger partial charge in [-0.1, -0.05) is 13.8 Å². The Morgan fingerprint density at radius 1 is 1.33 bits per heavy atom. The fraction of sp³-hybridized carbons (Fsp3) is 0.429. The van der Waals surface area contributed by atoms with Crippen LogP contribution in [0.1, 0.15) is 30.6 Å². The molecule has 0 aliphatic rings. The van der Waals surface area contributed by atoms with Crippen LogP contribution >= 0.6 is 15.9 Å². The number of hydrogen-bond acceptors (Lipinski definition) is 3. The standard InChI is InChI=1S/C14H19BrFN3O2/c1-8(2)7-19-13(20)3-4-18-14(21)9-5-12(17)11(16)6-10(9)15/h5-6,8H,3-4,7,17H2,1-2H3,(H,18,21)(H,19,20). The van der Waals surface area contributed by atoms with Crippen LogP contribution in [0.15, 0.2) is 16.6 Å². The molecule has 0 saturated heterocycles. The zero-order chi connectivity index (χ0) is 16.0. The molecule has 7 heteroatoms. The van der Waals surface area contributed by atoms with Crippen molar-refractivity contribution in [1.82, 2.24) is 10.6 Å². The molecule has 1 rings (SSSR count). The number of amides is 2. The van der Waals surface area contributed by atoms with Gasteiger partial charge in [-0.2, -0.15) is 0 Å². The summed E-state index contributed by atoms with van der Waals surface area (Å²) >= 11 is 3.11. The summed E-state index contributed by atoms with van der Waals surface area (Å²) in [5.74, 6) is -0.750. The van der Waals surface area contributed by atoms with Crippen molar-refractivity contribution >= 4 is 33.4 Å². The summed E-state index contributed by atoms with van der Waals surface area (Å²) in [7, 11) is 0. The molecule has 0 radical (unpaired) electrons. The van der Waals surface area contributed by atoms with Crippen LogP contribution in [0.5, 0.6) is 0 Å². The van der Waals surface area contributed by atoms with E-state index in [4.69, 9.17) is 5.73 Å². The molecular formula is C14H19BrFN3O2. The lowest BCUT2D eigenvalue weighted by atomic mass is 10.2. The SMILES string of the molecule is CC(C)CNC(=O)CCNC(=O)c1cc(N)c(F)cc1Br. The first-order valence-corrected chi connectivity index (χ1v) is 7.40. The molecule has 0 saturated carbocycles. The molecule has 116 valence electrons. The fourth-order valence-electron chi connectivity index (χ4n) is 1.53. The lowest BCUT2D eigenvalue weighted by Crippen LogP contribution is -2.32. The highest BCUT2D eigenvalue weighted by Gasteiger charge is 2.13. The third-order valence-corrected chi connectivity index (χ3v) is 3.33. The number of carbonyl (C=O) groups excluding carboxylic acids is 2. The minimum absolute atomic E-state index is 0.0990. The first kappa shape index (κ1) is 17.4. The van der Waals surface area contributed by atoms with E-state index in [1.54, 1.807) is 0 Å². The number of rotatable bonds is 6. The summed E-state index contributed by atoms with van der Waals surface area (Å²) in [5.41, 5.74) is 5.57. The maximum Gasteiger partial charge on any atom is 0.252 e. The van der Waals surface area contributed by atoms with Gasteiger partial charge in [0.1, 0.15) is 5.82 Å². The molecule has 0 heterocycles. The molecule has 1 aromatic carbocycles. The van der Waals surface area contributed by atoms with Crippen molar-refractivity contribution in [2.24, 2.45) is 5.92 Å². The average Bonchev–Trinajstić information content (AvgIpc) is 2.40. The predicted octanol–water partition coefficient (Wildman–Crippen LogP) is 2.06. The van der Waals surface area contributed by atoms with Gasteiger partial charge in [0.25, 0.3) is 5.91 Å². The van der Waals surface area contributed by atoms with Crippen LogP contribution in [-0.2, 0) is 4.79 Å². The minimum atomic E-state index is -0.591. The molecule has 0 fully saturated rings. The molecule has 1 aromatic rings. The van der Waals surface area contributed by atoms with E-state index in [-0.39, 0.29) is 30.1 Å². The predicted molar refractivity (Wildman–Crippen MR) is 83.3 cm³/mol. The van der Waals surface area contributed by atoms with E-state index in [1.165, 1.54) is 6.07 Å². The molecular weight excluding hydrogens is 341 g/mol. The number of hydrogen-bond donors (Lipinski definition) is 3. The summed E-state index contributed by atoms with van der Waals surface area (Å²) < 4.78 is 13.5. The van der Waals surface area contributed by atoms with E-state index in [0.717, 1.165) is 6.07 Å². The Balaban J connectivity index is 2.48. The Labute approximate surface area is 131 Å². The maximum absolute atomic E-state index is 13.2. The highest BCUT2D eigenvalue weighted by Crippen LogP contribution is 2.22. The van der Waals surface area contributed by atoms with Gasteiger partial charge in [-0.3, -0.25) is 9.59 Å². The van der Waals surface area contributed by atoms with Crippen molar-refractivity contribution in [3.63, 3.8) is 0 Å². The molecule has 4 N–H and O–H groups in total. The second-order valence-corrected chi connectivity index (χ2v) is 5.91. The van der Waals surface area contributed by atoms with Gasteiger partial charge in [0, 0.05) is 24.0 Å². The van der Waals surface area contributed by atoms with Crippen LogP contribution in [0.3, 0.4) is 0 Å². The number of nitrogen functional groups attached to an aromatic ring is 1. The smallest absolute Gasteiger partial charge is 0.252 e. The topological polar surface area (TPSA) is 84.2 Å². The van der Waals surface area contributed by atoms with Crippen LogP contribution in [-0.4, -0.2) is 24.9 Å². The van der Waals surface area contributed by atoms with E-state index in [0.29, 0.717) is 16.9 Å². The number of halogens is 2. The number of nitrogens with two attached hydrogens (primary N) is 1. The number of carbonyl (C=O) groups is 2. The lowest BCUT2D eigenvalue weighted by molar-refractivity contribution is -0.121. The first-order chi connectivity index (χ1) is 9.81. The second-order valence-electron chi connectivity index (χ2n) is 5.06. The number of nitrogens with one attached hydrogen (secondary N) is 2. The van der Waals surface area contributed by atoms with E-state index >= 15 is 0 Å². The molecule has 5 nitrogen and oxygen atoms in total. The van der Waals surface area contributed by atoms with Gasteiger partial charge in [-0.15, -0.1) is 0 Å². The van der Waals surface area contributed by atoms with Gasteiger partial charge in [0.05, 0.1) is 11.3 Å². The van der Waals surface area contributed by atoms with Crippen molar-refractivity contribution in [3.8, 4) is 0 Å². The Bertz CT molecular complexity index is 535. The van der Waals surface area contributed by atoms with Crippen molar-refractivity contribution in [1.29, 1.82) is 0 Å². The number of benzene rings is 1. The summed E-state index contributed by atoms with van der Waals surface area (Å²) in [4.78, 5) is 23.4. The van der Waals surface area contributed by atoms with Crippen LogP contribution in [0.25, 0.3) is 0 Å². The maximum atomic E-state index is 13.2. The monoisotopic (exact) mass is 359 g/mol. The van der Waals surface area contributed by atoms with Crippen LogP contribution in [0.2, 0.25) is 0 Å². The van der Waals surface area contributed by atoms with Gasteiger partial charge in [0.2, 0.25) is 5.91 Å². The first-order valence-electron chi connectivity index (χ1n) is 6.60. The van der Waals surface area contributed by atoms with E-state index in [2.05, 4.69) is 26.6 Å². The molecule has 0 aliphatic heterocycles. The summed E-state index contributed by atoms with van der Waals surface area (Å²) in [6.45, 7) is 4.80. The highest BCUT2D eigenvalue weighted by molar-refractivity contribution is 9.10. The summed E-state index contributed by atoms with van der Waals surface area (Å²) in [6.07, 6.45) is 0.187. The summed E-state index contributed by atoms with van der Waals surface area (Å²) in [5, 5.41) is 5.35. The van der Waals surface area contributed by atoms with E-state index < -0.39 is 11.7 Å². The third-order valence-electron chi connectivity index (χ3n) is 2.68.